The van der Waals surface area contributed by atoms with E-state index in [1.807, 2.05) is 27.7 Å². The van der Waals surface area contributed by atoms with Crippen molar-refractivity contribution in [3.05, 3.63) is 0 Å². The number of aliphatic imine (C=N–C) groups is 1. The molecule has 0 spiro atoms. The molecular weight excluding hydrogens is 318 g/mol. The third kappa shape index (κ3) is 7.63. The van der Waals surface area contributed by atoms with Crippen LogP contribution in [0.5, 0.6) is 0 Å². The number of hydrogen-bond donors (Lipinski definition) is 1. The van der Waals surface area contributed by atoms with Crippen molar-refractivity contribution in [1.82, 2.24) is 9.03 Å². The molecule has 1 N–H and O–H groups in total. The second kappa shape index (κ2) is 11.0. The Hall–Kier alpha value is -0.560. The first-order valence-corrected chi connectivity index (χ1v) is 10.1. The van der Waals surface area contributed by atoms with Gasteiger partial charge in [-0.25, -0.2) is 13.5 Å². The van der Waals surface area contributed by atoms with Crippen molar-refractivity contribution in [2.24, 2.45) is 4.99 Å². The molecule has 0 aliphatic heterocycles. The van der Waals surface area contributed by atoms with Crippen LogP contribution in [-0.4, -0.2) is 39.4 Å². The molecule has 0 aromatic heterocycles. The summed E-state index contributed by atoms with van der Waals surface area (Å²) in [5.41, 5.74) is 0. The highest BCUT2D eigenvalue weighted by Gasteiger charge is 2.21. The molecule has 1 fully saturated rings. The van der Waals surface area contributed by atoms with E-state index < -0.39 is 0 Å². The zero-order chi connectivity index (χ0) is 16.4. The first-order valence-electron chi connectivity index (χ1n) is 8.18. The Labute approximate surface area is 143 Å². The summed E-state index contributed by atoms with van der Waals surface area (Å²) in [6, 6.07) is 0.282. The molecule has 2 amide bonds. The number of carbonyl (C=O) groups is 1. The van der Waals surface area contributed by atoms with Crippen LogP contribution in [0.3, 0.4) is 0 Å². The van der Waals surface area contributed by atoms with Gasteiger partial charge in [0.05, 0.1) is 0 Å². The lowest BCUT2D eigenvalue weighted by molar-refractivity contribution is 0.135. The molecule has 1 aliphatic carbocycles. The number of amides is 2. The Morgan fingerprint density at radius 1 is 1.23 bits per heavy atom. The standard InChI is InChI=1S/C15H29N3O2S2/c1-5-21-18(22-6-2)15(19)17-14(16-12(3)4)20-13-10-8-7-9-11-13/h12-13H,5-11H2,1-4H3,(H,16,17,19). The second-order valence-corrected chi connectivity index (χ2v) is 8.06. The van der Waals surface area contributed by atoms with Gasteiger partial charge in [0.2, 0.25) is 0 Å². The highest BCUT2D eigenvalue weighted by molar-refractivity contribution is 8.12. The van der Waals surface area contributed by atoms with E-state index in [0.717, 1.165) is 24.3 Å². The fraction of sp³-hybridized carbons (Fsp3) is 0.867. The van der Waals surface area contributed by atoms with Crippen LogP contribution in [0.4, 0.5) is 4.79 Å². The first kappa shape index (κ1) is 19.5. The van der Waals surface area contributed by atoms with Crippen LogP contribution in [0.1, 0.15) is 59.8 Å². The highest BCUT2D eigenvalue weighted by Crippen LogP contribution is 2.22. The van der Waals surface area contributed by atoms with Crippen molar-refractivity contribution in [1.29, 1.82) is 0 Å². The van der Waals surface area contributed by atoms with Gasteiger partial charge in [0.15, 0.2) is 0 Å². The molecule has 0 aromatic rings. The zero-order valence-electron chi connectivity index (χ0n) is 14.1. The fourth-order valence-corrected chi connectivity index (χ4v) is 3.92. The zero-order valence-corrected chi connectivity index (χ0v) is 15.8. The quantitative estimate of drug-likeness (QED) is 0.438. The predicted octanol–water partition coefficient (Wildman–Crippen LogP) is 4.45. The summed E-state index contributed by atoms with van der Waals surface area (Å²) in [7, 11) is 0. The van der Waals surface area contributed by atoms with Gasteiger partial charge >= 0.3 is 6.03 Å². The minimum absolute atomic E-state index is 0.0880. The normalized spacial score (nSPS) is 16.7. The molecule has 1 aliphatic rings. The van der Waals surface area contributed by atoms with Crippen molar-refractivity contribution in [2.45, 2.75) is 71.9 Å². The largest absolute Gasteiger partial charge is 0.462 e. The molecule has 0 aromatic carbocycles. The monoisotopic (exact) mass is 347 g/mol. The van der Waals surface area contributed by atoms with Crippen LogP contribution in [0.15, 0.2) is 4.99 Å². The third-order valence-corrected chi connectivity index (χ3v) is 5.03. The van der Waals surface area contributed by atoms with Crippen LogP contribution in [0.25, 0.3) is 0 Å². The fourth-order valence-electron chi connectivity index (χ4n) is 2.19. The lowest BCUT2D eigenvalue weighted by atomic mass is 9.98. The Bertz CT molecular complexity index is 353. The molecule has 0 saturated heterocycles. The van der Waals surface area contributed by atoms with Gasteiger partial charge in [-0.3, -0.25) is 5.32 Å². The summed E-state index contributed by atoms with van der Waals surface area (Å²) in [5, 5.41) is 2.84. The number of hydrogen-bond acceptors (Lipinski definition) is 5. The van der Waals surface area contributed by atoms with Crippen molar-refractivity contribution in [3.63, 3.8) is 0 Å². The van der Waals surface area contributed by atoms with Gasteiger partial charge in [0.25, 0.3) is 6.02 Å². The first-order chi connectivity index (χ1) is 10.6. The van der Waals surface area contributed by atoms with Crippen LogP contribution < -0.4 is 5.32 Å². The van der Waals surface area contributed by atoms with E-state index in [4.69, 9.17) is 4.74 Å². The summed E-state index contributed by atoms with van der Waals surface area (Å²) in [5.74, 6) is 1.70. The third-order valence-electron chi connectivity index (χ3n) is 3.08. The van der Waals surface area contributed by atoms with Gasteiger partial charge in [-0.1, -0.05) is 20.3 Å². The van der Waals surface area contributed by atoms with Gasteiger partial charge in [0, 0.05) is 17.5 Å². The molecule has 7 heteroatoms. The Morgan fingerprint density at radius 2 is 1.82 bits per heavy atom. The van der Waals surface area contributed by atoms with Gasteiger partial charge in [-0.15, -0.1) is 0 Å². The van der Waals surface area contributed by atoms with Gasteiger partial charge in [0.1, 0.15) is 6.10 Å². The molecule has 0 unspecified atom stereocenters. The van der Waals surface area contributed by atoms with Crippen LogP contribution in [0, 0.1) is 0 Å². The van der Waals surface area contributed by atoms with Gasteiger partial charge in [-0.05, 0) is 63.4 Å². The number of nitrogens with zero attached hydrogens (tertiary/aromatic N) is 2. The smallest absolute Gasteiger partial charge is 0.345 e. The highest BCUT2D eigenvalue weighted by atomic mass is 32.2. The number of urea groups is 1. The number of rotatable bonds is 6. The molecule has 1 rings (SSSR count). The summed E-state index contributed by atoms with van der Waals surface area (Å²) >= 11 is 2.98. The molecule has 0 heterocycles. The lowest BCUT2D eigenvalue weighted by Crippen LogP contribution is -2.40. The summed E-state index contributed by atoms with van der Waals surface area (Å²) in [4.78, 5) is 16.8. The maximum Gasteiger partial charge on any atom is 0.345 e. The topological polar surface area (TPSA) is 53.9 Å². The summed E-state index contributed by atoms with van der Waals surface area (Å²) in [6.07, 6.45) is 5.93. The lowest BCUT2D eigenvalue weighted by Gasteiger charge is -2.25. The average molecular weight is 348 g/mol. The number of amidine groups is 1. The summed E-state index contributed by atoms with van der Waals surface area (Å²) < 4.78 is 7.62. The molecule has 0 bridgehead atoms. The molecule has 22 heavy (non-hydrogen) atoms. The summed E-state index contributed by atoms with van der Waals surface area (Å²) in [6.45, 7) is 8.02. The van der Waals surface area contributed by atoms with Gasteiger partial charge in [-0.2, -0.15) is 0 Å². The molecule has 128 valence electrons. The maximum atomic E-state index is 12.4. The van der Waals surface area contributed by atoms with Crippen molar-refractivity contribution in [2.75, 3.05) is 11.5 Å². The molecule has 1 saturated carbocycles. The molecule has 5 nitrogen and oxygen atoms in total. The number of ether oxygens (including phenoxy) is 1. The molecule has 0 atom stereocenters. The average Bonchev–Trinajstić information content (AvgIpc) is 2.47. The minimum atomic E-state index is -0.172. The van der Waals surface area contributed by atoms with E-state index in [0.29, 0.717) is 6.02 Å². The number of nitrogens with one attached hydrogen (secondary N) is 1. The SMILES string of the molecule is CCSN(SCC)C(=O)NC(=NC(C)C)OC1CCCCC1. The maximum absolute atomic E-state index is 12.4. The number of carbonyl (C=O) groups excluding carboxylic acids is 1. The van der Waals surface area contributed by atoms with Crippen LogP contribution in [-0.2, 0) is 4.74 Å². The van der Waals surface area contributed by atoms with Crippen LogP contribution in [0.2, 0.25) is 0 Å². The Kier molecular flexibility index (Phi) is 9.79. The van der Waals surface area contributed by atoms with E-state index in [-0.39, 0.29) is 18.2 Å². The van der Waals surface area contributed by atoms with Crippen molar-refractivity contribution < 1.29 is 9.53 Å². The minimum Gasteiger partial charge on any atom is -0.462 e. The van der Waals surface area contributed by atoms with E-state index in [1.54, 1.807) is 3.71 Å². The predicted molar refractivity (Wildman–Crippen MR) is 97.2 cm³/mol. The van der Waals surface area contributed by atoms with Crippen LogP contribution >= 0.6 is 23.9 Å². The van der Waals surface area contributed by atoms with Gasteiger partial charge < -0.3 is 4.74 Å². The second-order valence-electron chi connectivity index (χ2n) is 5.43. The van der Waals surface area contributed by atoms with Crippen molar-refractivity contribution >= 4 is 35.9 Å². The Morgan fingerprint density at radius 3 is 2.32 bits per heavy atom. The van der Waals surface area contributed by atoms with Crippen molar-refractivity contribution in [3.8, 4) is 0 Å². The van der Waals surface area contributed by atoms with E-state index in [2.05, 4.69) is 10.3 Å². The molecule has 0 radical (unpaired) electrons. The van der Waals surface area contributed by atoms with E-state index >= 15 is 0 Å². The van der Waals surface area contributed by atoms with E-state index in [9.17, 15) is 4.79 Å². The molecular formula is C15H29N3O2S2. The van der Waals surface area contributed by atoms with E-state index in [1.165, 1.54) is 43.2 Å². The Balaban J connectivity index is 2.64.